The maximum Gasteiger partial charge on any atom is 0.247 e. The predicted octanol–water partition coefficient (Wildman–Crippen LogP) is 1.56. The van der Waals surface area contributed by atoms with Gasteiger partial charge in [0.25, 0.3) is 0 Å². The Morgan fingerprint density at radius 1 is 1.12 bits per heavy atom. The number of carbonyl (C=O) groups excluding carboxylic acids is 1. The van der Waals surface area contributed by atoms with Crippen LogP contribution < -0.4 is 11.1 Å². The maximum atomic E-state index is 10.5. The van der Waals surface area contributed by atoms with Gasteiger partial charge < -0.3 is 16.2 Å². The number of carbonyl (C=O) groups is 1. The molecule has 4 heteroatoms. The molecule has 0 bridgehead atoms. The highest BCUT2D eigenvalue weighted by Gasteiger charge is 2.08. The lowest BCUT2D eigenvalue weighted by molar-refractivity contribution is -0.125. The SMILES string of the molecule is CCCCCCCCCCNCC(O)C(N)=O. The van der Waals surface area contributed by atoms with Gasteiger partial charge in [-0.3, -0.25) is 4.79 Å². The molecule has 0 saturated heterocycles. The van der Waals surface area contributed by atoms with Crippen molar-refractivity contribution in [1.29, 1.82) is 0 Å². The topological polar surface area (TPSA) is 75.3 Å². The summed E-state index contributed by atoms with van der Waals surface area (Å²) < 4.78 is 0. The smallest absolute Gasteiger partial charge is 0.247 e. The summed E-state index contributed by atoms with van der Waals surface area (Å²) in [4.78, 5) is 10.5. The lowest BCUT2D eigenvalue weighted by atomic mass is 10.1. The molecule has 4 N–H and O–H groups in total. The number of aliphatic hydroxyl groups is 1. The monoisotopic (exact) mass is 244 g/mol. The fourth-order valence-electron chi connectivity index (χ4n) is 1.72. The molecule has 0 radical (unpaired) electrons. The van der Waals surface area contributed by atoms with E-state index in [0.29, 0.717) is 0 Å². The van der Waals surface area contributed by atoms with Crippen LogP contribution in [-0.2, 0) is 4.79 Å². The van der Waals surface area contributed by atoms with E-state index in [4.69, 9.17) is 10.8 Å². The summed E-state index contributed by atoms with van der Waals surface area (Å²) >= 11 is 0. The molecule has 0 aromatic heterocycles. The minimum atomic E-state index is -1.05. The second-order valence-corrected chi connectivity index (χ2v) is 4.60. The van der Waals surface area contributed by atoms with E-state index >= 15 is 0 Å². The Labute approximate surface area is 105 Å². The molecule has 0 fully saturated rings. The highest BCUT2D eigenvalue weighted by Crippen LogP contribution is 2.07. The largest absolute Gasteiger partial charge is 0.382 e. The molecule has 0 aliphatic rings. The number of hydrogen-bond donors (Lipinski definition) is 3. The Morgan fingerprint density at radius 3 is 2.18 bits per heavy atom. The van der Waals surface area contributed by atoms with Crippen LogP contribution in [0.15, 0.2) is 0 Å². The number of nitrogens with two attached hydrogens (primary N) is 1. The fraction of sp³-hybridized carbons (Fsp3) is 0.923. The zero-order chi connectivity index (χ0) is 12.9. The summed E-state index contributed by atoms with van der Waals surface area (Å²) in [5, 5.41) is 12.1. The highest BCUT2D eigenvalue weighted by atomic mass is 16.3. The van der Waals surface area contributed by atoms with E-state index in [1.165, 1.54) is 44.9 Å². The fourth-order valence-corrected chi connectivity index (χ4v) is 1.72. The lowest BCUT2D eigenvalue weighted by Gasteiger charge is -2.07. The van der Waals surface area contributed by atoms with Gasteiger partial charge in [0.1, 0.15) is 6.10 Å². The number of rotatable bonds is 12. The molecular weight excluding hydrogens is 216 g/mol. The van der Waals surface area contributed by atoms with Crippen LogP contribution in [0, 0.1) is 0 Å². The highest BCUT2D eigenvalue weighted by molar-refractivity contribution is 5.78. The molecule has 0 aliphatic heterocycles. The van der Waals surface area contributed by atoms with Crippen LogP contribution in [0.2, 0.25) is 0 Å². The second kappa shape index (κ2) is 11.9. The summed E-state index contributed by atoms with van der Waals surface area (Å²) in [7, 11) is 0. The molecule has 0 aromatic carbocycles. The zero-order valence-electron chi connectivity index (χ0n) is 11.1. The zero-order valence-corrected chi connectivity index (χ0v) is 11.1. The molecule has 4 nitrogen and oxygen atoms in total. The molecule has 0 heterocycles. The molecule has 0 spiro atoms. The van der Waals surface area contributed by atoms with Crippen LogP contribution >= 0.6 is 0 Å². The standard InChI is InChI=1S/C13H28N2O2/c1-2-3-4-5-6-7-8-9-10-15-11-12(16)13(14)17/h12,15-16H,2-11H2,1H3,(H2,14,17). The lowest BCUT2D eigenvalue weighted by Crippen LogP contribution is -2.37. The summed E-state index contributed by atoms with van der Waals surface area (Å²) in [5.74, 6) is -0.659. The van der Waals surface area contributed by atoms with Crippen molar-refractivity contribution in [3.8, 4) is 0 Å². The number of nitrogens with one attached hydrogen (secondary N) is 1. The first kappa shape index (κ1) is 16.4. The van der Waals surface area contributed by atoms with Gasteiger partial charge >= 0.3 is 0 Å². The average Bonchev–Trinajstić information content (AvgIpc) is 2.31. The van der Waals surface area contributed by atoms with Gasteiger partial charge in [-0.1, -0.05) is 51.9 Å². The normalized spacial score (nSPS) is 12.6. The van der Waals surface area contributed by atoms with Crippen molar-refractivity contribution >= 4 is 5.91 Å². The molecule has 0 aromatic rings. The van der Waals surface area contributed by atoms with Crippen molar-refractivity contribution in [3.05, 3.63) is 0 Å². The van der Waals surface area contributed by atoms with E-state index in [0.717, 1.165) is 13.0 Å². The molecule has 1 amide bonds. The Hall–Kier alpha value is -0.610. The number of amides is 1. The minimum absolute atomic E-state index is 0.270. The van der Waals surface area contributed by atoms with Gasteiger partial charge in [-0.2, -0.15) is 0 Å². The van der Waals surface area contributed by atoms with Gasteiger partial charge in [-0.15, -0.1) is 0 Å². The van der Waals surface area contributed by atoms with Gasteiger partial charge in [-0.25, -0.2) is 0 Å². The molecule has 17 heavy (non-hydrogen) atoms. The third kappa shape index (κ3) is 11.6. The third-order valence-corrected chi connectivity index (χ3v) is 2.87. The summed E-state index contributed by atoms with van der Waals surface area (Å²) in [6, 6.07) is 0. The van der Waals surface area contributed by atoms with Gasteiger partial charge in [0.2, 0.25) is 5.91 Å². The predicted molar refractivity (Wildman–Crippen MR) is 70.7 cm³/mol. The van der Waals surface area contributed by atoms with Crippen LogP contribution in [-0.4, -0.2) is 30.2 Å². The molecule has 0 aliphatic carbocycles. The van der Waals surface area contributed by atoms with Gasteiger partial charge in [-0.05, 0) is 13.0 Å². The molecular formula is C13H28N2O2. The van der Waals surface area contributed by atoms with E-state index < -0.39 is 12.0 Å². The van der Waals surface area contributed by atoms with E-state index in [1.54, 1.807) is 0 Å². The first-order valence-electron chi connectivity index (χ1n) is 6.86. The number of unbranched alkanes of at least 4 members (excludes halogenated alkanes) is 7. The Balaban J connectivity index is 3.06. The van der Waals surface area contributed by atoms with E-state index in [-0.39, 0.29) is 6.54 Å². The van der Waals surface area contributed by atoms with E-state index in [1.807, 2.05) is 0 Å². The van der Waals surface area contributed by atoms with Crippen LogP contribution in [0.1, 0.15) is 58.3 Å². The van der Waals surface area contributed by atoms with E-state index in [2.05, 4.69) is 12.2 Å². The van der Waals surface area contributed by atoms with Crippen LogP contribution in [0.3, 0.4) is 0 Å². The Kier molecular flexibility index (Phi) is 11.4. The van der Waals surface area contributed by atoms with Crippen LogP contribution in [0.5, 0.6) is 0 Å². The number of hydrogen-bond acceptors (Lipinski definition) is 3. The van der Waals surface area contributed by atoms with Crippen LogP contribution in [0.25, 0.3) is 0 Å². The molecule has 1 atom stereocenters. The first-order valence-corrected chi connectivity index (χ1v) is 6.86. The Morgan fingerprint density at radius 2 is 1.65 bits per heavy atom. The number of primary amides is 1. The molecule has 1 unspecified atom stereocenters. The molecule has 0 saturated carbocycles. The minimum Gasteiger partial charge on any atom is -0.382 e. The van der Waals surface area contributed by atoms with Crippen molar-refractivity contribution < 1.29 is 9.90 Å². The van der Waals surface area contributed by atoms with Crippen molar-refractivity contribution in [2.45, 2.75) is 64.4 Å². The maximum absolute atomic E-state index is 10.5. The van der Waals surface area contributed by atoms with Gasteiger partial charge in [0, 0.05) is 6.54 Å². The van der Waals surface area contributed by atoms with Gasteiger partial charge in [0.15, 0.2) is 0 Å². The van der Waals surface area contributed by atoms with Crippen LogP contribution in [0.4, 0.5) is 0 Å². The summed E-state index contributed by atoms with van der Waals surface area (Å²) in [6.45, 7) is 3.34. The van der Waals surface area contributed by atoms with Crippen molar-refractivity contribution in [1.82, 2.24) is 5.32 Å². The second-order valence-electron chi connectivity index (χ2n) is 4.60. The quantitative estimate of drug-likeness (QED) is 0.456. The average molecular weight is 244 g/mol. The Bertz CT molecular complexity index is 186. The van der Waals surface area contributed by atoms with Crippen molar-refractivity contribution in [2.24, 2.45) is 5.73 Å². The third-order valence-electron chi connectivity index (χ3n) is 2.87. The van der Waals surface area contributed by atoms with E-state index in [9.17, 15) is 4.79 Å². The number of aliphatic hydroxyl groups excluding tert-OH is 1. The van der Waals surface area contributed by atoms with Gasteiger partial charge in [0.05, 0.1) is 0 Å². The summed E-state index contributed by atoms with van der Waals surface area (Å²) in [5.41, 5.74) is 4.93. The molecule has 0 rings (SSSR count). The first-order chi connectivity index (χ1) is 8.18. The van der Waals surface area contributed by atoms with Crippen molar-refractivity contribution in [2.75, 3.05) is 13.1 Å². The summed E-state index contributed by atoms with van der Waals surface area (Å²) in [6.07, 6.45) is 9.22. The van der Waals surface area contributed by atoms with Crippen molar-refractivity contribution in [3.63, 3.8) is 0 Å². The molecule has 102 valence electrons.